The molecule has 7 nitrogen and oxygen atoms in total. The van der Waals surface area contributed by atoms with Crippen LogP contribution in [0.15, 0.2) is 47.4 Å². The molecule has 0 atom stereocenters. The fourth-order valence-corrected chi connectivity index (χ4v) is 4.12. The van der Waals surface area contributed by atoms with Crippen molar-refractivity contribution in [3.05, 3.63) is 59.2 Å². The van der Waals surface area contributed by atoms with Crippen molar-refractivity contribution in [1.29, 1.82) is 0 Å². The van der Waals surface area contributed by atoms with E-state index in [1.165, 1.54) is 42.5 Å². The van der Waals surface area contributed by atoms with Crippen LogP contribution in [0.2, 0.25) is 0 Å². The fourth-order valence-electron chi connectivity index (χ4n) is 3.15. The maximum Gasteiger partial charge on any atom is 0.320 e. The Morgan fingerprint density at radius 1 is 1.04 bits per heavy atom. The van der Waals surface area contributed by atoms with Gasteiger partial charge in [-0.15, -0.1) is 0 Å². The molecule has 3 rings (SSSR count). The Labute approximate surface area is 164 Å². The van der Waals surface area contributed by atoms with E-state index in [4.69, 9.17) is 0 Å². The number of methoxy groups -OCH3 is 1. The van der Waals surface area contributed by atoms with Crippen LogP contribution in [0.5, 0.6) is 0 Å². The summed E-state index contributed by atoms with van der Waals surface area (Å²) in [6, 6.07) is 11.9. The maximum absolute atomic E-state index is 12.3. The van der Waals surface area contributed by atoms with Gasteiger partial charge in [-0.2, -0.15) is 4.72 Å². The van der Waals surface area contributed by atoms with Gasteiger partial charge in [-0.1, -0.05) is 18.2 Å². The van der Waals surface area contributed by atoms with Crippen molar-refractivity contribution in [2.45, 2.75) is 30.6 Å². The number of carbonyl (C=O) groups is 2. The number of carbonyl (C=O) groups excluding carboxylic acids is 2. The Kier molecular flexibility index (Phi) is 6.11. The van der Waals surface area contributed by atoms with E-state index in [0.717, 1.165) is 24.8 Å². The fraction of sp³-hybridized carbons (Fsp3) is 0.300. The Morgan fingerprint density at radius 2 is 1.75 bits per heavy atom. The summed E-state index contributed by atoms with van der Waals surface area (Å²) in [6.07, 6.45) is 3.58. The molecule has 1 aliphatic rings. The van der Waals surface area contributed by atoms with Crippen molar-refractivity contribution in [3.8, 4) is 0 Å². The zero-order chi connectivity index (χ0) is 20.1. The zero-order valence-electron chi connectivity index (χ0n) is 15.5. The number of aryl methyl sites for hydroxylation is 2. The van der Waals surface area contributed by atoms with Crippen LogP contribution < -0.4 is 10.0 Å². The first kappa shape index (κ1) is 20.0. The van der Waals surface area contributed by atoms with Crippen molar-refractivity contribution in [2.24, 2.45) is 0 Å². The van der Waals surface area contributed by atoms with Crippen molar-refractivity contribution in [1.82, 2.24) is 4.72 Å². The van der Waals surface area contributed by atoms with Gasteiger partial charge in [0, 0.05) is 5.69 Å². The summed E-state index contributed by atoms with van der Waals surface area (Å²) in [7, 11) is -2.65. The molecule has 0 saturated carbocycles. The van der Waals surface area contributed by atoms with Crippen molar-refractivity contribution >= 4 is 27.6 Å². The first-order valence-corrected chi connectivity index (χ1v) is 10.4. The van der Waals surface area contributed by atoms with Crippen LogP contribution in [0.25, 0.3) is 0 Å². The second-order valence-corrected chi connectivity index (χ2v) is 8.37. The van der Waals surface area contributed by atoms with Crippen molar-refractivity contribution in [3.63, 3.8) is 0 Å². The van der Waals surface area contributed by atoms with Gasteiger partial charge in [0.2, 0.25) is 15.9 Å². The summed E-state index contributed by atoms with van der Waals surface area (Å²) in [6.45, 7) is -0.446. The summed E-state index contributed by atoms with van der Waals surface area (Å²) in [4.78, 5) is 23.4. The number of esters is 1. The standard InChI is InChI=1S/C20H22N2O5S/c1-27-20(24)13-21-28(25,26)18-9-7-17(8-10-18)22-19(23)12-14-5-6-15-3-2-4-16(15)11-14/h5-11,21H,2-4,12-13H2,1H3,(H,22,23). The predicted octanol–water partition coefficient (Wildman–Crippen LogP) is 1.81. The van der Waals surface area contributed by atoms with Gasteiger partial charge in [0.15, 0.2) is 0 Å². The van der Waals surface area contributed by atoms with Gasteiger partial charge in [0.1, 0.15) is 6.54 Å². The summed E-state index contributed by atoms with van der Waals surface area (Å²) in [5, 5.41) is 2.77. The van der Waals surface area contributed by atoms with Gasteiger partial charge in [-0.05, 0) is 60.2 Å². The number of nitrogens with one attached hydrogen (secondary N) is 2. The largest absolute Gasteiger partial charge is 0.468 e. The molecule has 0 radical (unpaired) electrons. The van der Waals surface area contributed by atoms with Crippen molar-refractivity contribution < 1.29 is 22.7 Å². The van der Waals surface area contributed by atoms with Crippen LogP contribution in [0.4, 0.5) is 5.69 Å². The molecule has 1 amide bonds. The minimum atomic E-state index is -3.83. The molecule has 1 aliphatic carbocycles. The number of anilines is 1. The number of rotatable bonds is 7. The second-order valence-electron chi connectivity index (χ2n) is 6.61. The molecule has 148 valence electrons. The smallest absolute Gasteiger partial charge is 0.320 e. The molecule has 0 spiro atoms. The van der Waals surface area contributed by atoms with E-state index >= 15 is 0 Å². The lowest BCUT2D eigenvalue weighted by Crippen LogP contribution is -2.30. The molecular formula is C20H22N2O5S. The molecule has 0 aromatic heterocycles. The molecule has 0 unspecified atom stereocenters. The second kappa shape index (κ2) is 8.53. The number of amides is 1. The summed E-state index contributed by atoms with van der Waals surface area (Å²) >= 11 is 0. The molecule has 0 aliphatic heterocycles. The number of ether oxygens (including phenoxy) is 1. The Hall–Kier alpha value is -2.71. The minimum Gasteiger partial charge on any atom is -0.468 e. The molecule has 0 fully saturated rings. The Balaban J connectivity index is 1.59. The third-order valence-corrected chi connectivity index (χ3v) is 6.03. The van der Waals surface area contributed by atoms with Crippen LogP contribution in [0.3, 0.4) is 0 Å². The van der Waals surface area contributed by atoms with E-state index in [1.54, 1.807) is 0 Å². The third-order valence-electron chi connectivity index (χ3n) is 4.61. The van der Waals surface area contributed by atoms with Crippen LogP contribution in [0, 0.1) is 0 Å². The molecule has 0 heterocycles. The monoisotopic (exact) mass is 402 g/mol. The SMILES string of the molecule is COC(=O)CNS(=O)(=O)c1ccc(NC(=O)Cc2ccc3c(c2)CCC3)cc1. The van der Waals surface area contributed by atoms with Gasteiger partial charge in [0.05, 0.1) is 18.4 Å². The molecule has 28 heavy (non-hydrogen) atoms. The lowest BCUT2D eigenvalue weighted by atomic mass is 10.0. The summed E-state index contributed by atoms with van der Waals surface area (Å²) < 4.78 is 30.8. The van der Waals surface area contributed by atoms with E-state index in [2.05, 4.69) is 26.9 Å². The highest BCUT2D eigenvalue weighted by atomic mass is 32.2. The number of sulfonamides is 1. The van der Waals surface area contributed by atoms with Gasteiger partial charge in [0.25, 0.3) is 0 Å². The van der Waals surface area contributed by atoms with Crippen LogP contribution >= 0.6 is 0 Å². The van der Waals surface area contributed by atoms with Gasteiger partial charge in [-0.3, -0.25) is 9.59 Å². The highest BCUT2D eigenvalue weighted by Crippen LogP contribution is 2.23. The Morgan fingerprint density at radius 3 is 2.46 bits per heavy atom. The normalized spacial score (nSPS) is 13.0. The van der Waals surface area contributed by atoms with E-state index in [-0.39, 0.29) is 17.2 Å². The van der Waals surface area contributed by atoms with Gasteiger partial charge < -0.3 is 10.1 Å². The van der Waals surface area contributed by atoms with Gasteiger partial charge >= 0.3 is 5.97 Å². The molecule has 2 N–H and O–H groups in total. The average molecular weight is 402 g/mol. The Bertz CT molecular complexity index is 984. The first-order valence-electron chi connectivity index (χ1n) is 8.94. The van der Waals surface area contributed by atoms with E-state index in [9.17, 15) is 18.0 Å². The molecular weight excluding hydrogens is 380 g/mol. The number of fused-ring (bicyclic) bond motifs is 1. The zero-order valence-corrected chi connectivity index (χ0v) is 16.3. The van der Waals surface area contributed by atoms with Crippen LogP contribution in [0.1, 0.15) is 23.1 Å². The summed E-state index contributed by atoms with van der Waals surface area (Å²) in [5.41, 5.74) is 4.14. The third kappa shape index (κ3) is 4.96. The molecule has 0 saturated heterocycles. The van der Waals surface area contributed by atoms with E-state index in [0.29, 0.717) is 5.69 Å². The minimum absolute atomic E-state index is 0.00646. The predicted molar refractivity (Wildman–Crippen MR) is 104 cm³/mol. The molecule has 8 heteroatoms. The first-order chi connectivity index (χ1) is 13.4. The van der Waals surface area contributed by atoms with E-state index < -0.39 is 22.5 Å². The topological polar surface area (TPSA) is 102 Å². The highest BCUT2D eigenvalue weighted by molar-refractivity contribution is 7.89. The van der Waals surface area contributed by atoms with Gasteiger partial charge in [-0.25, -0.2) is 8.42 Å². The maximum atomic E-state index is 12.3. The number of benzene rings is 2. The highest BCUT2D eigenvalue weighted by Gasteiger charge is 2.16. The number of hydrogen-bond acceptors (Lipinski definition) is 5. The molecule has 0 bridgehead atoms. The molecule has 2 aromatic rings. The van der Waals surface area contributed by atoms with E-state index in [1.807, 2.05) is 6.07 Å². The lowest BCUT2D eigenvalue weighted by Gasteiger charge is -2.09. The quantitative estimate of drug-likeness (QED) is 0.688. The van der Waals surface area contributed by atoms with Crippen LogP contribution in [-0.4, -0.2) is 33.9 Å². The average Bonchev–Trinajstić information content (AvgIpc) is 3.14. The van der Waals surface area contributed by atoms with Crippen LogP contribution in [-0.2, 0) is 43.6 Å². The number of hydrogen-bond donors (Lipinski definition) is 2. The summed E-state index contributed by atoms with van der Waals surface area (Å²) in [5.74, 6) is -0.851. The molecule has 2 aromatic carbocycles. The lowest BCUT2D eigenvalue weighted by molar-refractivity contribution is -0.139. The van der Waals surface area contributed by atoms with Crippen molar-refractivity contribution in [2.75, 3.05) is 19.0 Å².